The summed E-state index contributed by atoms with van der Waals surface area (Å²) in [5.74, 6) is -0.0128. The number of aryl methyl sites for hydroxylation is 1. The van der Waals surface area contributed by atoms with Crippen LogP contribution in [0.1, 0.15) is 29.3 Å². The van der Waals surface area contributed by atoms with Crippen LogP contribution in [0.5, 0.6) is 0 Å². The van der Waals surface area contributed by atoms with E-state index >= 15 is 0 Å². The predicted molar refractivity (Wildman–Crippen MR) is 63.3 cm³/mol. The molecule has 82 valence electrons. The second kappa shape index (κ2) is 5.39. The molecular weight excluding hydrogens is 188 g/mol. The van der Waals surface area contributed by atoms with E-state index in [0.717, 1.165) is 24.2 Å². The normalized spacial score (nSPS) is 9.80. The van der Waals surface area contributed by atoms with E-state index in [4.69, 9.17) is 0 Å². The number of carbonyl (C=O) groups excluding carboxylic acids is 1. The summed E-state index contributed by atoms with van der Waals surface area (Å²) in [7, 11) is 1.82. The first kappa shape index (κ1) is 11.6. The Bertz CT molecular complexity index is 347. The van der Waals surface area contributed by atoms with Crippen molar-refractivity contribution in [2.24, 2.45) is 0 Å². The van der Waals surface area contributed by atoms with Gasteiger partial charge in [-0.15, -0.1) is 0 Å². The van der Waals surface area contributed by atoms with Crippen molar-refractivity contribution in [3.05, 3.63) is 29.3 Å². The Kier molecular flexibility index (Phi) is 4.16. The molecule has 0 spiro atoms. The number of hydrogen-bond donors (Lipinski definition) is 2. The number of carbonyl (C=O) groups is 1. The summed E-state index contributed by atoms with van der Waals surface area (Å²) in [6, 6.07) is 5.77. The average molecular weight is 206 g/mol. The number of rotatable bonds is 4. The Labute approximate surface area is 90.9 Å². The first-order valence-electron chi connectivity index (χ1n) is 5.25. The lowest BCUT2D eigenvalue weighted by molar-refractivity contribution is 0.0954. The van der Waals surface area contributed by atoms with E-state index in [1.807, 2.05) is 39.1 Å². The number of amides is 1. The minimum Gasteiger partial charge on any atom is -0.387 e. The third-order valence-corrected chi connectivity index (χ3v) is 2.22. The molecule has 0 aliphatic carbocycles. The molecule has 0 saturated carbocycles. The van der Waals surface area contributed by atoms with Crippen molar-refractivity contribution >= 4 is 11.6 Å². The molecule has 1 aromatic rings. The number of anilines is 1. The van der Waals surface area contributed by atoms with Crippen molar-refractivity contribution in [1.29, 1.82) is 0 Å². The molecule has 0 fully saturated rings. The van der Waals surface area contributed by atoms with E-state index in [1.54, 1.807) is 0 Å². The number of nitrogens with one attached hydrogen (secondary N) is 2. The van der Waals surface area contributed by atoms with Crippen molar-refractivity contribution in [2.45, 2.75) is 20.3 Å². The highest BCUT2D eigenvalue weighted by atomic mass is 16.1. The Morgan fingerprint density at radius 3 is 2.73 bits per heavy atom. The Hall–Kier alpha value is -1.51. The molecule has 15 heavy (non-hydrogen) atoms. The first-order valence-corrected chi connectivity index (χ1v) is 5.25. The highest BCUT2D eigenvalue weighted by molar-refractivity contribution is 5.99. The molecule has 0 radical (unpaired) electrons. The second-order valence-corrected chi connectivity index (χ2v) is 3.55. The molecule has 0 heterocycles. The van der Waals surface area contributed by atoms with Crippen molar-refractivity contribution in [2.75, 3.05) is 18.9 Å². The van der Waals surface area contributed by atoms with Crippen LogP contribution in [0.4, 0.5) is 5.69 Å². The molecular formula is C12H18N2O. The Balaban J connectivity index is 2.87. The standard InChI is InChI=1S/C12H18N2O/c1-4-7-14-12(15)10-6-5-9(2)8-11(10)13-3/h5-6,8,13H,4,7H2,1-3H3,(H,14,15). The van der Waals surface area contributed by atoms with Gasteiger partial charge in [-0.1, -0.05) is 13.0 Å². The zero-order chi connectivity index (χ0) is 11.3. The minimum absolute atomic E-state index is 0.0128. The van der Waals surface area contributed by atoms with Crippen molar-refractivity contribution in [1.82, 2.24) is 5.32 Å². The van der Waals surface area contributed by atoms with Gasteiger partial charge in [-0.3, -0.25) is 4.79 Å². The lowest BCUT2D eigenvalue weighted by atomic mass is 10.1. The van der Waals surface area contributed by atoms with E-state index in [9.17, 15) is 4.79 Å². The van der Waals surface area contributed by atoms with E-state index in [1.165, 1.54) is 0 Å². The van der Waals surface area contributed by atoms with Gasteiger partial charge in [0.1, 0.15) is 0 Å². The highest BCUT2D eigenvalue weighted by Crippen LogP contribution is 2.16. The molecule has 3 heteroatoms. The van der Waals surface area contributed by atoms with E-state index in [2.05, 4.69) is 10.6 Å². The zero-order valence-corrected chi connectivity index (χ0v) is 9.55. The molecule has 3 nitrogen and oxygen atoms in total. The fraction of sp³-hybridized carbons (Fsp3) is 0.417. The van der Waals surface area contributed by atoms with Gasteiger partial charge in [-0.2, -0.15) is 0 Å². The molecule has 2 N–H and O–H groups in total. The molecule has 0 saturated heterocycles. The van der Waals surface area contributed by atoms with Gasteiger partial charge in [0.05, 0.1) is 5.56 Å². The molecule has 1 rings (SSSR count). The molecule has 1 aromatic carbocycles. The van der Waals surface area contributed by atoms with Gasteiger partial charge in [0.2, 0.25) is 0 Å². The van der Waals surface area contributed by atoms with Gasteiger partial charge in [0, 0.05) is 19.3 Å². The maximum Gasteiger partial charge on any atom is 0.253 e. The average Bonchev–Trinajstić information content (AvgIpc) is 2.25. The van der Waals surface area contributed by atoms with Crippen LogP contribution in [-0.2, 0) is 0 Å². The van der Waals surface area contributed by atoms with Crippen molar-refractivity contribution in [3.8, 4) is 0 Å². The SMILES string of the molecule is CCCNC(=O)c1ccc(C)cc1NC. The lowest BCUT2D eigenvalue weighted by Gasteiger charge is -2.10. The zero-order valence-electron chi connectivity index (χ0n) is 9.55. The van der Waals surface area contributed by atoms with Gasteiger partial charge >= 0.3 is 0 Å². The van der Waals surface area contributed by atoms with E-state index in [-0.39, 0.29) is 5.91 Å². The maximum atomic E-state index is 11.7. The summed E-state index contributed by atoms with van der Waals surface area (Å²) < 4.78 is 0. The quantitative estimate of drug-likeness (QED) is 0.792. The first-order chi connectivity index (χ1) is 7.19. The van der Waals surface area contributed by atoms with Gasteiger partial charge in [-0.05, 0) is 31.0 Å². The van der Waals surface area contributed by atoms with Crippen LogP contribution in [0.3, 0.4) is 0 Å². The van der Waals surface area contributed by atoms with E-state index in [0.29, 0.717) is 5.56 Å². The van der Waals surface area contributed by atoms with Crippen LogP contribution in [0.25, 0.3) is 0 Å². The van der Waals surface area contributed by atoms with E-state index < -0.39 is 0 Å². The van der Waals surface area contributed by atoms with Gasteiger partial charge in [0.25, 0.3) is 5.91 Å². The summed E-state index contributed by atoms with van der Waals surface area (Å²) in [6.07, 6.45) is 0.951. The molecule has 1 amide bonds. The van der Waals surface area contributed by atoms with Gasteiger partial charge in [0.15, 0.2) is 0 Å². The van der Waals surface area contributed by atoms with Crippen LogP contribution < -0.4 is 10.6 Å². The molecule has 0 unspecified atom stereocenters. The number of benzene rings is 1. The Morgan fingerprint density at radius 1 is 1.40 bits per heavy atom. The maximum absolute atomic E-state index is 11.7. The second-order valence-electron chi connectivity index (χ2n) is 3.55. The van der Waals surface area contributed by atoms with Crippen LogP contribution >= 0.6 is 0 Å². The highest BCUT2D eigenvalue weighted by Gasteiger charge is 2.09. The van der Waals surface area contributed by atoms with Gasteiger partial charge < -0.3 is 10.6 Å². The fourth-order valence-corrected chi connectivity index (χ4v) is 1.40. The molecule has 0 aliphatic heterocycles. The summed E-state index contributed by atoms with van der Waals surface area (Å²) >= 11 is 0. The summed E-state index contributed by atoms with van der Waals surface area (Å²) in [4.78, 5) is 11.7. The van der Waals surface area contributed by atoms with Gasteiger partial charge in [-0.25, -0.2) is 0 Å². The monoisotopic (exact) mass is 206 g/mol. The molecule has 0 aromatic heterocycles. The van der Waals surface area contributed by atoms with Crippen LogP contribution in [0.15, 0.2) is 18.2 Å². The van der Waals surface area contributed by atoms with Crippen molar-refractivity contribution < 1.29 is 4.79 Å². The minimum atomic E-state index is -0.0128. The smallest absolute Gasteiger partial charge is 0.253 e. The summed E-state index contributed by atoms with van der Waals surface area (Å²) in [6.45, 7) is 4.76. The molecule has 0 atom stereocenters. The number of hydrogen-bond acceptors (Lipinski definition) is 2. The largest absolute Gasteiger partial charge is 0.387 e. The fourth-order valence-electron chi connectivity index (χ4n) is 1.40. The lowest BCUT2D eigenvalue weighted by Crippen LogP contribution is -2.24. The topological polar surface area (TPSA) is 41.1 Å². The van der Waals surface area contributed by atoms with Crippen molar-refractivity contribution in [3.63, 3.8) is 0 Å². The molecule has 0 aliphatic rings. The summed E-state index contributed by atoms with van der Waals surface area (Å²) in [5.41, 5.74) is 2.73. The van der Waals surface area contributed by atoms with Crippen LogP contribution in [-0.4, -0.2) is 19.5 Å². The third-order valence-electron chi connectivity index (χ3n) is 2.22. The Morgan fingerprint density at radius 2 is 2.13 bits per heavy atom. The summed E-state index contributed by atoms with van der Waals surface area (Å²) in [5, 5.41) is 5.90. The van der Waals surface area contributed by atoms with Crippen LogP contribution in [0.2, 0.25) is 0 Å². The third kappa shape index (κ3) is 2.98. The molecule has 0 bridgehead atoms. The predicted octanol–water partition coefficient (Wildman–Crippen LogP) is 2.18. The van der Waals surface area contributed by atoms with Crippen LogP contribution in [0, 0.1) is 6.92 Å².